The van der Waals surface area contributed by atoms with E-state index in [4.69, 9.17) is 0 Å². The van der Waals surface area contributed by atoms with E-state index in [9.17, 15) is 9.18 Å². The molecular formula is C10H13BrFN3O. The number of anilines is 1. The molecule has 16 heavy (non-hydrogen) atoms. The van der Waals surface area contributed by atoms with Crippen LogP contribution >= 0.6 is 15.9 Å². The lowest BCUT2D eigenvalue weighted by Gasteiger charge is -2.18. The van der Waals surface area contributed by atoms with Crippen LogP contribution in [0.1, 0.15) is 6.92 Å². The van der Waals surface area contributed by atoms with E-state index in [0.29, 0.717) is 4.47 Å². The molecule has 0 aliphatic rings. The molecule has 0 spiro atoms. The molecule has 4 nitrogen and oxygen atoms in total. The average Bonchev–Trinajstić information content (AvgIpc) is 2.20. The molecular weight excluding hydrogens is 277 g/mol. The predicted molar refractivity (Wildman–Crippen MR) is 63.7 cm³/mol. The summed E-state index contributed by atoms with van der Waals surface area (Å²) in [5.74, 6) is -0.553. The third-order valence-electron chi connectivity index (χ3n) is 1.97. The summed E-state index contributed by atoms with van der Waals surface area (Å²) < 4.78 is 14.0. The van der Waals surface area contributed by atoms with Gasteiger partial charge in [0.15, 0.2) is 11.6 Å². The van der Waals surface area contributed by atoms with E-state index in [1.54, 1.807) is 21.0 Å². The van der Waals surface area contributed by atoms with E-state index < -0.39 is 11.9 Å². The van der Waals surface area contributed by atoms with E-state index in [1.807, 2.05) is 0 Å². The van der Waals surface area contributed by atoms with Crippen LogP contribution in [0.2, 0.25) is 0 Å². The molecule has 1 heterocycles. The molecule has 1 amide bonds. The molecule has 0 aliphatic carbocycles. The van der Waals surface area contributed by atoms with E-state index in [2.05, 4.69) is 26.2 Å². The lowest BCUT2D eigenvalue weighted by molar-refractivity contribution is -0.129. The van der Waals surface area contributed by atoms with Crippen molar-refractivity contribution < 1.29 is 9.18 Å². The van der Waals surface area contributed by atoms with Gasteiger partial charge in [-0.15, -0.1) is 0 Å². The first-order valence-corrected chi connectivity index (χ1v) is 5.50. The lowest BCUT2D eigenvalue weighted by Crippen LogP contribution is -2.37. The van der Waals surface area contributed by atoms with Crippen LogP contribution in [-0.4, -0.2) is 35.9 Å². The Balaban J connectivity index is 2.77. The average molecular weight is 290 g/mol. The second-order valence-electron chi connectivity index (χ2n) is 3.58. The highest BCUT2D eigenvalue weighted by atomic mass is 79.9. The predicted octanol–water partition coefficient (Wildman–Crippen LogP) is 1.87. The van der Waals surface area contributed by atoms with E-state index in [0.717, 1.165) is 0 Å². The fraction of sp³-hybridized carbons (Fsp3) is 0.400. The third-order valence-corrected chi connectivity index (χ3v) is 2.41. The first-order chi connectivity index (χ1) is 7.41. The minimum Gasteiger partial charge on any atom is -0.356 e. The van der Waals surface area contributed by atoms with Gasteiger partial charge in [-0.05, 0) is 28.9 Å². The maximum absolute atomic E-state index is 13.4. The van der Waals surface area contributed by atoms with Crippen LogP contribution in [-0.2, 0) is 4.79 Å². The molecule has 1 aromatic rings. The van der Waals surface area contributed by atoms with Crippen LogP contribution in [0, 0.1) is 5.82 Å². The van der Waals surface area contributed by atoms with Gasteiger partial charge in [-0.2, -0.15) is 0 Å². The minimum atomic E-state index is -0.516. The van der Waals surface area contributed by atoms with Crippen molar-refractivity contribution in [3.8, 4) is 0 Å². The molecule has 1 rings (SSSR count). The SMILES string of the molecule is CC(Nc1ncc(Br)cc1F)C(=O)N(C)C. The van der Waals surface area contributed by atoms with Crippen LogP contribution in [0.3, 0.4) is 0 Å². The quantitative estimate of drug-likeness (QED) is 0.924. The number of carbonyl (C=O) groups excluding carboxylic acids is 1. The molecule has 0 fully saturated rings. The van der Waals surface area contributed by atoms with Gasteiger partial charge in [0.25, 0.3) is 0 Å². The summed E-state index contributed by atoms with van der Waals surface area (Å²) in [6.07, 6.45) is 1.47. The summed E-state index contributed by atoms with van der Waals surface area (Å²) in [7, 11) is 3.29. The van der Waals surface area contributed by atoms with Crippen LogP contribution in [0.25, 0.3) is 0 Å². The van der Waals surface area contributed by atoms with Gasteiger partial charge < -0.3 is 10.2 Å². The second-order valence-corrected chi connectivity index (χ2v) is 4.50. The molecule has 0 radical (unpaired) electrons. The van der Waals surface area contributed by atoms with Gasteiger partial charge in [-0.1, -0.05) is 0 Å². The van der Waals surface area contributed by atoms with Crippen molar-refractivity contribution in [3.05, 3.63) is 22.6 Å². The summed E-state index contributed by atoms with van der Waals surface area (Å²) in [5.41, 5.74) is 0. The minimum absolute atomic E-state index is 0.0749. The molecule has 6 heteroatoms. The number of halogens is 2. The largest absolute Gasteiger partial charge is 0.356 e. The van der Waals surface area contributed by atoms with Crippen LogP contribution in [0.15, 0.2) is 16.7 Å². The van der Waals surface area contributed by atoms with E-state index >= 15 is 0 Å². The van der Waals surface area contributed by atoms with Gasteiger partial charge in [0.05, 0.1) is 0 Å². The molecule has 88 valence electrons. The van der Waals surface area contributed by atoms with E-state index in [1.165, 1.54) is 17.2 Å². The molecule has 0 bridgehead atoms. The number of likely N-dealkylation sites (N-methyl/N-ethyl adjacent to an activating group) is 1. The second kappa shape index (κ2) is 5.25. The number of nitrogens with one attached hydrogen (secondary N) is 1. The van der Waals surface area contributed by atoms with E-state index in [-0.39, 0.29) is 11.7 Å². The molecule has 0 saturated carbocycles. The highest BCUT2D eigenvalue weighted by Crippen LogP contribution is 2.16. The van der Waals surface area contributed by atoms with Crippen molar-refractivity contribution in [2.24, 2.45) is 0 Å². The molecule has 0 aliphatic heterocycles. The summed E-state index contributed by atoms with van der Waals surface area (Å²) in [4.78, 5) is 16.8. The smallest absolute Gasteiger partial charge is 0.244 e. The molecule has 1 N–H and O–H groups in total. The Morgan fingerprint density at radius 2 is 2.25 bits per heavy atom. The number of hydrogen-bond donors (Lipinski definition) is 1. The Morgan fingerprint density at radius 3 is 2.75 bits per heavy atom. The zero-order chi connectivity index (χ0) is 12.3. The molecule has 1 unspecified atom stereocenters. The van der Waals surface area contributed by atoms with Crippen LogP contribution in [0.4, 0.5) is 10.2 Å². The van der Waals surface area contributed by atoms with Crippen molar-refractivity contribution in [3.63, 3.8) is 0 Å². The Morgan fingerprint density at radius 1 is 1.62 bits per heavy atom. The fourth-order valence-corrected chi connectivity index (χ4v) is 1.48. The Hall–Kier alpha value is -1.17. The molecule has 0 aromatic carbocycles. The van der Waals surface area contributed by atoms with Gasteiger partial charge in [0.2, 0.25) is 5.91 Å². The van der Waals surface area contributed by atoms with Crippen molar-refractivity contribution in [1.82, 2.24) is 9.88 Å². The van der Waals surface area contributed by atoms with Gasteiger partial charge >= 0.3 is 0 Å². The Labute approximate surface area is 102 Å². The van der Waals surface area contributed by atoms with Gasteiger partial charge in [-0.3, -0.25) is 4.79 Å². The highest BCUT2D eigenvalue weighted by molar-refractivity contribution is 9.10. The third kappa shape index (κ3) is 3.16. The monoisotopic (exact) mass is 289 g/mol. The van der Waals surface area contributed by atoms with Crippen molar-refractivity contribution in [2.75, 3.05) is 19.4 Å². The first-order valence-electron chi connectivity index (χ1n) is 4.70. The number of amides is 1. The molecule has 0 saturated heterocycles. The topological polar surface area (TPSA) is 45.2 Å². The number of pyridine rings is 1. The molecule has 1 aromatic heterocycles. The normalized spacial score (nSPS) is 12.1. The highest BCUT2D eigenvalue weighted by Gasteiger charge is 2.16. The number of nitrogens with zero attached hydrogens (tertiary/aromatic N) is 2. The van der Waals surface area contributed by atoms with Crippen LogP contribution < -0.4 is 5.32 Å². The van der Waals surface area contributed by atoms with Gasteiger partial charge in [0.1, 0.15) is 6.04 Å². The summed E-state index contributed by atoms with van der Waals surface area (Å²) in [5, 5.41) is 2.72. The van der Waals surface area contributed by atoms with Crippen molar-refractivity contribution in [1.29, 1.82) is 0 Å². The zero-order valence-corrected chi connectivity index (χ0v) is 10.9. The number of hydrogen-bond acceptors (Lipinski definition) is 3. The standard InChI is InChI=1S/C10H13BrFN3O/c1-6(10(16)15(2)3)14-9-8(12)4-7(11)5-13-9/h4-6H,1-3H3,(H,13,14). The lowest BCUT2D eigenvalue weighted by atomic mass is 10.3. The van der Waals surface area contributed by atoms with Gasteiger partial charge in [-0.25, -0.2) is 9.37 Å². The maximum atomic E-state index is 13.4. The number of carbonyl (C=O) groups is 1. The summed E-state index contributed by atoms with van der Waals surface area (Å²) in [6.45, 7) is 1.66. The maximum Gasteiger partial charge on any atom is 0.244 e. The zero-order valence-electron chi connectivity index (χ0n) is 9.29. The summed E-state index contributed by atoms with van der Waals surface area (Å²) in [6, 6.07) is 0.778. The van der Waals surface area contributed by atoms with Crippen LogP contribution in [0.5, 0.6) is 0 Å². The Kier molecular flexibility index (Phi) is 4.23. The Bertz CT molecular complexity index is 398. The summed E-state index contributed by atoms with van der Waals surface area (Å²) >= 11 is 3.11. The number of rotatable bonds is 3. The van der Waals surface area contributed by atoms with Crippen molar-refractivity contribution >= 4 is 27.7 Å². The first kappa shape index (κ1) is 12.9. The van der Waals surface area contributed by atoms with Crippen molar-refractivity contribution in [2.45, 2.75) is 13.0 Å². The van der Waals surface area contributed by atoms with Gasteiger partial charge in [0, 0.05) is 24.8 Å². The number of aromatic nitrogens is 1. The fourth-order valence-electron chi connectivity index (χ4n) is 1.17. The molecule has 1 atom stereocenters.